The summed E-state index contributed by atoms with van der Waals surface area (Å²) in [5.74, 6) is -0.946. The monoisotopic (exact) mass is 286 g/mol. The standard InChI is InChI=1S/C16H12F2N2O/c1-9-2-4-10(5-3-9)14-15(21-20-16(14)19)11-6-12(17)8-13(18)7-11/h2-8H,1H3,(H2,19,20). The third-order valence-corrected chi connectivity index (χ3v) is 3.18. The second-order valence-electron chi connectivity index (χ2n) is 4.80. The molecule has 0 amide bonds. The van der Waals surface area contributed by atoms with Crippen LogP contribution < -0.4 is 5.73 Å². The van der Waals surface area contributed by atoms with E-state index in [-0.39, 0.29) is 17.1 Å². The van der Waals surface area contributed by atoms with E-state index >= 15 is 0 Å². The Labute approximate surface area is 120 Å². The Bertz CT molecular complexity index is 774. The van der Waals surface area contributed by atoms with Crippen LogP contribution in [0.5, 0.6) is 0 Å². The smallest absolute Gasteiger partial charge is 0.177 e. The van der Waals surface area contributed by atoms with E-state index in [9.17, 15) is 8.78 Å². The molecular formula is C16H12F2N2O. The number of benzene rings is 2. The second-order valence-corrected chi connectivity index (χ2v) is 4.80. The number of anilines is 1. The lowest BCUT2D eigenvalue weighted by atomic mass is 10.0. The van der Waals surface area contributed by atoms with Crippen LogP contribution in [-0.4, -0.2) is 5.16 Å². The van der Waals surface area contributed by atoms with E-state index < -0.39 is 11.6 Å². The van der Waals surface area contributed by atoms with E-state index in [1.54, 1.807) is 0 Å². The van der Waals surface area contributed by atoms with Crippen molar-refractivity contribution in [1.82, 2.24) is 5.16 Å². The molecule has 3 aromatic rings. The molecule has 0 atom stereocenters. The average Bonchev–Trinajstić information content (AvgIpc) is 2.80. The first-order valence-electron chi connectivity index (χ1n) is 6.33. The van der Waals surface area contributed by atoms with Crippen LogP contribution in [0.4, 0.5) is 14.6 Å². The molecule has 0 aliphatic carbocycles. The number of nitrogen functional groups attached to an aromatic ring is 1. The lowest BCUT2D eigenvalue weighted by molar-refractivity contribution is 0.435. The predicted octanol–water partition coefficient (Wildman–Crippen LogP) is 4.18. The highest BCUT2D eigenvalue weighted by molar-refractivity contribution is 5.86. The zero-order chi connectivity index (χ0) is 15.0. The maximum absolute atomic E-state index is 13.4. The molecule has 1 aromatic heterocycles. The highest BCUT2D eigenvalue weighted by atomic mass is 19.1. The summed E-state index contributed by atoms with van der Waals surface area (Å²) in [6.07, 6.45) is 0. The van der Waals surface area contributed by atoms with Gasteiger partial charge in [0.1, 0.15) is 11.6 Å². The van der Waals surface area contributed by atoms with E-state index in [0.29, 0.717) is 5.56 Å². The first-order valence-corrected chi connectivity index (χ1v) is 6.33. The third kappa shape index (κ3) is 2.50. The van der Waals surface area contributed by atoms with Crippen LogP contribution in [0.25, 0.3) is 22.5 Å². The van der Waals surface area contributed by atoms with Gasteiger partial charge >= 0.3 is 0 Å². The minimum Gasteiger partial charge on any atom is -0.380 e. The summed E-state index contributed by atoms with van der Waals surface area (Å²) >= 11 is 0. The summed E-state index contributed by atoms with van der Waals surface area (Å²) in [6, 6.07) is 10.7. The van der Waals surface area contributed by atoms with Gasteiger partial charge in [0, 0.05) is 11.6 Å². The van der Waals surface area contributed by atoms with Crippen LogP contribution in [0.3, 0.4) is 0 Å². The summed E-state index contributed by atoms with van der Waals surface area (Å²) in [5.41, 5.74) is 8.48. The Balaban J connectivity index is 2.19. The van der Waals surface area contributed by atoms with Crippen molar-refractivity contribution >= 4 is 5.82 Å². The Kier molecular flexibility index (Phi) is 3.17. The van der Waals surface area contributed by atoms with Gasteiger partial charge in [0.2, 0.25) is 0 Å². The maximum atomic E-state index is 13.4. The SMILES string of the molecule is Cc1ccc(-c2c(N)noc2-c2cc(F)cc(F)c2)cc1. The molecule has 0 aliphatic heterocycles. The first kappa shape index (κ1) is 13.3. The molecule has 3 nitrogen and oxygen atoms in total. The van der Waals surface area contributed by atoms with Gasteiger partial charge in [0.05, 0.1) is 5.56 Å². The van der Waals surface area contributed by atoms with E-state index in [2.05, 4.69) is 5.16 Å². The van der Waals surface area contributed by atoms with Crippen LogP contribution in [0.2, 0.25) is 0 Å². The third-order valence-electron chi connectivity index (χ3n) is 3.18. The summed E-state index contributed by atoms with van der Waals surface area (Å²) < 4.78 is 31.9. The molecule has 0 unspecified atom stereocenters. The zero-order valence-electron chi connectivity index (χ0n) is 11.2. The number of rotatable bonds is 2. The van der Waals surface area contributed by atoms with E-state index in [0.717, 1.165) is 17.2 Å². The Morgan fingerprint density at radius 1 is 0.952 bits per heavy atom. The molecule has 0 spiro atoms. The van der Waals surface area contributed by atoms with Gasteiger partial charge in [-0.1, -0.05) is 35.0 Å². The molecule has 21 heavy (non-hydrogen) atoms. The van der Waals surface area contributed by atoms with Crippen molar-refractivity contribution < 1.29 is 13.3 Å². The van der Waals surface area contributed by atoms with Crippen LogP contribution in [0.15, 0.2) is 47.0 Å². The van der Waals surface area contributed by atoms with Gasteiger partial charge in [-0.25, -0.2) is 8.78 Å². The number of halogens is 2. The van der Waals surface area contributed by atoms with Crippen molar-refractivity contribution in [1.29, 1.82) is 0 Å². The highest BCUT2D eigenvalue weighted by Gasteiger charge is 2.18. The molecule has 0 saturated heterocycles. The molecule has 0 bridgehead atoms. The van der Waals surface area contributed by atoms with Crippen molar-refractivity contribution in [2.75, 3.05) is 5.73 Å². The predicted molar refractivity (Wildman–Crippen MR) is 76.4 cm³/mol. The number of hydrogen-bond acceptors (Lipinski definition) is 3. The summed E-state index contributed by atoms with van der Waals surface area (Å²) in [5, 5.41) is 3.71. The van der Waals surface area contributed by atoms with Gasteiger partial charge in [-0.3, -0.25) is 0 Å². The minimum atomic E-state index is -0.685. The van der Waals surface area contributed by atoms with Crippen molar-refractivity contribution in [3.05, 3.63) is 59.7 Å². The molecule has 3 rings (SSSR count). The van der Waals surface area contributed by atoms with Crippen molar-refractivity contribution in [3.63, 3.8) is 0 Å². The number of nitrogens with zero attached hydrogens (tertiary/aromatic N) is 1. The fourth-order valence-corrected chi connectivity index (χ4v) is 2.18. The van der Waals surface area contributed by atoms with Crippen LogP contribution in [0.1, 0.15) is 5.56 Å². The molecule has 2 N–H and O–H groups in total. The fraction of sp³-hybridized carbons (Fsp3) is 0.0625. The average molecular weight is 286 g/mol. The van der Waals surface area contributed by atoms with Crippen molar-refractivity contribution in [2.24, 2.45) is 0 Å². The largest absolute Gasteiger partial charge is 0.380 e. The number of nitrogens with two attached hydrogens (primary N) is 1. The fourth-order valence-electron chi connectivity index (χ4n) is 2.18. The van der Waals surface area contributed by atoms with Crippen molar-refractivity contribution in [2.45, 2.75) is 6.92 Å². The Hall–Kier alpha value is -2.69. The molecule has 1 heterocycles. The second kappa shape index (κ2) is 5.01. The van der Waals surface area contributed by atoms with Gasteiger partial charge in [-0.05, 0) is 24.6 Å². The van der Waals surface area contributed by atoms with Gasteiger partial charge < -0.3 is 10.3 Å². The van der Waals surface area contributed by atoms with Gasteiger partial charge in [0.25, 0.3) is 0 Å². The van der Waals surface area contributed by atoms with Crippen LogP contribution in [0, 0.1) is 18.6 Å². The van der Waals surface area contributed by atoms with Gasteiger partial charge in [0.15, 0.2) is 11.6 Å². The molecule has 0 radical (unpaired) electrons. The topological polar surface area (TPSA) is 52.0 Å². The Morgan fingerprint density at radius 2 is 1.57 bits per heavy atom. The normalized spacial score (nSPS) is 10.8. The lowest BCUT2D eigenvalue weighted by Gasteiger charge is -2.04. The molecule has 0 saturated carbocycles. The van der Waals surface area contributed by atoms with Gasteiger partial charge in [-0.15, -0.1) is 0 Å². The minimum absolute atomic E-state index is 0.179. The number of aromatic nitrogens is 1. The lowest BCUT2D eigenvalue weighted by Crippen LogP contribution is -1.90. The molecule has 0 fully saturated rings. The van der Waals surface area contributed by atoms with Crippen molar-refractivity contribution in [3.8, 4) is 22.5 Å². The highest BCUT2D eigenvalue weighted by Crippen LogP contribution is 2.37. The molecule has 5 heteroatoms. The van der Waals surface area contributed by atoms with Crippen LogP contribution >= 0.6 is 0 Å². The molecular weight excluding hydrogens is 274 g/mol. The van der Waals surface area contributed by atoms with Crippen LogP contribution in [-0.2, 0) is 0 Å². The molecule has 0 aliphatic rings. The first-order chi connectivity index (χ1) is 10.0. The maximum Gasteiger partial charge on any atom is 0.177 e. The molecule has 2 aromatic carbocycles. The quantitative estimate of drug-likeness (QED) is 0.769. The molecule has 106 valence electrons. The summed E-state index contributed by atoms with van der Waals surface area (Å²) in [7, 11) is 0. The number of aryl methyl sites for hydroxylation is 1. The Morgan fingerprint density at radius 3 is 2.19 bits per heavy atom. The number of hydrogen-bond donors (Lipinski definition) is 1. The van der Waals surface area contributed by atoms with E-state index in [1.807, 2.05) is 31.2 Å². The van der Waals surface area contributed by atoms with Gasteiger partial charge in [-0.2, -0.15) is 0 Å². The van der Waals surface area contributed by atoms with E-state index in [1.165, 1.54) is 12.1 Å². The summed E-state index contributed by atoms with van der Waals surface area (Å²) in [4.78, 5) is 0. The zero-order valence-corrected chi connectivity index (χ0v) is 11.2. The summed E-state index contributed by atoms with van der Waals surface area (Å²) in [6.45, 7) is 1.96. The van der Waals surface area contributed by atoms with E-state index in [4.69, 9.17) is 10.3 Å².